The second-order valence-corrected chi connectivity index (χ2v) is 10.8. The third-order valence-electron chi connectivity index (χ3n) is 7.37. The standard InChI is InChI=1S/C35H22N4S/c1-3-12-32-28(10-1)29-15-14-25(35-38-30-11-2-4-13-34(30)40-35)21-33(29)39(32)27-9-5-7-24(19-27)31-20-23(16-18-37-31)26-8-6-17-36-22-26/h1-22H. The molecule has 0 atom stereocenters. The molecule has 0 aliphatic carbocycles. The third kappa shape index (κ3) is 3.79. The van der Waals surface area contributed by atoms with E-state index in [1.54, 1.807) is 17.5 Å². The van der Waals surface area contributed by atoms with E-state index in [0.717, 1.165) is 49.7 Å². The largest absolute Gasteiger partial charge is 0.309 e. The van der Waals surface area contributed by atoms with Gasteiger partial charge in [0.05, 0.1) is 26.9 Å². The van der Waals surface area contributed by atoms with Gasteiger partial charge in [0.1, 0.15) is 5.01 Å². The molecule has 8 rings (SSSR count). The van der Waals surface area contributed by atoms with Crippen LogP contribution in [-0.2, 0) is 0 Å². The minimum absolute atomic E-state index is 0.930. The number of rotatable bonds is 4. The summed E-state index contributed by atoms with van der Waals surface area (Å²) in [6.45, 7) is 0. The fourth-order valence-electron chi connectivity index (χ4n) is 5.48. The molecular weight excluding hydrogens is 508 g/mol. The molecule has 0 fully saturated rings. The van der Waals surface area contributed by atoms with Crippen molar-refractivity contribution in [3.8, 4) is 38.6 Å². The van der Waals surface area contributed by atoms with Crippen molar-refractivity contribution in [1.82, 2.24) is 19.5 Å². The number of hydrogen-bond acceptors (Lipinski definition) is 4. The summed E-state index contributed by atoms with van der Waals surface area (Å²) in [5.74, 6) is 0. The first-order valence-corrected chi connectivity index (χ1v) is 14.0. The predicted octanol–water partition coefficient (Wildman–Crippen LogP) is 9.18. The lowest BCUT2D eigenvalue weighted by molar-refractivity contribution is 1.18. The number of benzene rings is 4. The summed E-state index contributed by atoms with van der Waals surface area (Å²) in [4.78, 5) is 13.9. The van der Waals surface area contributed by atoms with Gasteiger partial charge in [-0.1, -0.05) is 60.7 Å². The van der Waals surface area contributed by atoms with Crippen LogP contribution in [0.25, 0.3) is 70.7 Å². The van der Waals surface area contributed by atoms with E-state index < -0.39 is 0 Å². The van der Waals surface area contributed by atoms with Crippen molar-refractivity contribution in [1.29, 1.82) is 0 Å². The van der Waals surface area contributed by atoms with Crippen molar-refractivity contribution >= 4 is 43.4 Å². The van der Waals surface area contributed by atoms with Crippen LogP contribution in [0.1, 0.15) is 0 Å². The lowest BCUT2D eigenvalue weighted by Crippen LogP contribution is -1.95. The van der Waals surface area contributed by atoms with Gasteiger partial charge in [0, 0.05) is 51.7 Å². The molecule has 40 heavy (non-hydrogen) atoms. The molecular formula is C35H22N4S. The Hall–Kier alpha value is -5.13. The van der Waals surface area contributed by atoms with Crippen molar-refractivity contribution in [2.24, 2.45) is 0 Å². The van der Waals surface area contributed by atoms with Crippen LogP contribution < -0.4 is 0 Å². The average molecular weight is 531 g/mol. The fraction of sp³-hybridized carbons (Fsp3) is 0. The Kier molecular flexibility index (Phi) is 5.28. The molecule has 0 unspecified atom stereocenters. The minimum atomic E-state index is 0.930. The first-order chi connectivity index (χ1) is 19.8. The van der Waals surface area contributed by atoms with E-state index in [1.807, 2.05) is 30.6 Å². The van der Waals surface area contributed by atoms with Crippen LogP contribution in [0.4, 0.5) is 0 Å². The van der Waals surface area contributed by atoms with Gasteiger partial charge in [0.2, 0.25) is 0 Å². The van der Waals surface area contributed by atoms with Crippen molar-refractivity contribution in [3.05, 3.63) is 134 Å². The van der Waals surface area contributed by atoms with E-state index in [1.165, 1.54) is 21.0 Å². The number of para-hydroxylation sites is 2. The Morgan fingerprint density at radius 3 is 2.38 bits per heavy atom. The normalized spacial score (nSPS) is 11.5. The summed E-state index contributed by atoms with van der Waals surface area (Å²) in [6, 6.07) is 40.5. The zero-order chi connectivity index (χ0) is 26.5. The van der Waals surface area contributed by atoms with Crippen molar-refractivity contribution in [2.75, 3.05) is 0 Å². The molecule has 0 aliphatic heterocycles. The van der Waals surface area contributed by atoms with E-state index in [4.69, 9.17) is 9.97 Å². The summed E-state index contributed by atoms with van der Waals surface area (Å²) < 4.78 is 3.56. The Balaban J connectivity index is 1.30. The second-order valence-electron chi connectivity index (χ2n) is 9.79. The van der Waals surface area contributed by atoms with Gasteiger partial charge >= 0.3 is 0 Å². The van der Waals surface area contributed by atoms with E-state index >= 15 is 0 Å². The molecule has 4 nitrogen and oxygen atoms in total. The van der Waals surface area contributed by atoms with Gasteiger partial charge in [0.15, 0.2) is 0 Å². The summed E-state index contributed by atoms with van der Waals surface area (Å²) in [5, 5.41) is 3.49. The van der Waals surface area contributed by atoms with E-state index in [2.05, 4.69) is 107 Å². The first-order valence-electron chi connectivity index (χ1n) is 13.2. The lowest BCUT2D eigenvalue weighted by atomic mass is 10.0. The Labute approximate surface area is 234 Å². The molecule has 0 saturated heterocycles. The van der Waals surface area contributed by atoms with Crippen LogP contribution in [0, 0.1) is 0 Å². The van der Waals surface area contributed by atoms with Crippen LogP contribution in [0.2, 0.25) is 0 Å². The van der Waals surface area contributed by atoms with Gasteiger partial charge in [-0.3, -0.25) is 9.97 Å². The Bertz CT molecular complexity index is 2140. The summed E-state index contributed by atoms with van der Waals surface area (Å²) in [6.07, 6.45) is 5.55. The Morgan fingerprint density at radius 2 is 1.45 bits per heavy atom. The molecule has 4 aromatic heterocycles. The summed E-state index contributed by atoms with van der Waals surface area (Å²) >= 11 is 1.73. The molecule has 0 aliphatic rings. The molecule has 4 heterocycles. The number of aromatic nitrogens is 4. The Morgan fingerprint density at radius 1 is 0.575 bits per heavy atom. The molecule has 0 saturated carbocycles. The molecule has 0 bridgehead atoms. The smallest absolute Gasteiger partial charge is 0.124 e. The van der Waals surface area contributed by atoms with Gasteiger partial charge in [-0.25, -0.2) is 4.98 Å². The zero-order valence-electron chi connectivity index (χ0n) is 21.4. The van der Waals surface area contributed by atoms with Crippen LogP contribution in [0.15, 0.2) is 134 Å². The van der Waals surface area contributed by atoms with Gasteiger partial charge in [0.25, 0.3) is 0 Å². The fourth-order valence-corrected chi connectivity index (χ4v) is 6.45. The maximum Gasteiger partial charge on any atom is 0.124 e. The third-order valence-corrected chi connectivity index (χ3v) is 8.45. The van der Waals surface area contributed by atoms with Gasteiger partial charge in [-0.05, 0) is 60.2 Å². The first kappa shape index (κ1) is 22.8. The van der Waals surface area contributed by atoms with E-state index in [0.29, 0.717) is 0 Å². The highest BCUT2D eigenvalue weighted by Crippen LogP contribution is 2.37. The molecule has 8 aromatic rings. The van der Waals surface area contributed by atoms with Gasteiger partial charge < -0.3 is 4.57 Å². The number of pyridine rings is 2. The van der Waals surface area contributed by atoms with Crippen LogP contribution in [0.5, 0.6) is 0 Å². The predicted molar refractivity (Wildman–Crippen MR) is 166 cm³/mol. The van der Waals surface area contributed by atoms with Crippen LogP contribution in [-0.4, -0.2) is 19.5 Å². The molecule has 4 aromatic carbocycles. The number of hydrogen-bond donors (Lipinski definition) is 0. The van der Waals surface area contributed by atoms with E-state index in [-0.39, 0.29) is 0 Å². The maximum absolute atomic E-state index is 4.93. The monoisotopic (exact) mass is 530 g/mol. The zero-order valence-corrected chi connectivity index (χ0v) is 22.2. The molecule has 5 heteroatoms. The van der Waals surface area contributed by atoms with Crippen molar-refractivity contribution in [2.45, 2.75) is 0 Å². The highest BCUT2D eigenvalue weighted by molar-refractivity contribution is 7.21. The van der Waals surface area contributed by atoms with Crippen LogP contribution >= 0.6 is 11.3 Å². The molecule has 0 radical (unpaired) electrons. The highest BCUT2D eigenvalue weighted by atomic mass is 32.1. The quantitative estimate of drug-likeness (QED) is 0.228. The topological polar surface area (TPSA) is 43.6 Å². The van der Waals surface area contributed by atoms with Crippen molar-refractivity contribution in [3.63, 3.8) is 0 Å². The minimum Gasteiger partial charge on any atom is -0.309 e. The summed E-state index contributed by atoms with van der Waals surface area (Å²) in [5.41, 5.74) is 9.76. The molecule has 0 N–H and O–H groups in total. The summed E-state index contributed by atoms with van der Waals surface area (Å²) in [7, 11) is 0. The van der Waals surface area contributed by atoms with Crippen molar-refractivity contribution < 1.29 is 0 Å². The SMILES string of the molecule is c1cncc(-c2ccnc(-c3cccc(-n4c5ccccc5c5ccc(-c6nc7ccccc7s6)cc54)c3)c2)c1. The second kappa shape index (κ2) is 9.26. The maximum atomic E-state index is 4.93. The lowest BCUT2D eigenvalue weighted by Gasteiger charge is -2.11. The number of thiazole rings is 1. The number of fused-ring (bicyclic) bond motifs is 4. The highest BCUT2D eigenvalue weighted by Gasteiger charge is 2.15. The van der Waals surface area contributed by atoms with E-state index in [9.17, 15) is 0 Å². The van der Waals surface area contributed by atoms with Crippen LogP contribution in [0.3, 0.4) is 0 Å². The van der Waals surface area contributed by atoms with Gasteiger partial charge in [-0.2, -0.15) is 0 Å². The average Bonchev–Trinajstić information content (AvgIpc) is 3.61. The van der Waals surface area contributed by atoms with Gasteiger partial charge in [-0.15, -0.1) is 11.3 Å². The molecule has 188 valence electrons. The number of nitrogens with zero attached hydrogens (tertiary/aromatic N) is 4. The molecule has 0 spiro atoms. The molecule has 0 amide bonds.